The molecule has 0 saturated carbocycles. The summed E-state index contributed by atoms with van der Waals surface area (Å²) in [4.78, 5) is 17.6. The molecule has 1 N–H and O–H groups in total. The summed E-state index contributed by atoms with van der Waals surface area (Å²) in [5, 5.41) is 0. The van der Waals surface area contributed by atoms with E-state index in [9.17, 15) is 0 Å². The van der Waals surface area contributed by atoms with Crippen molar-refractivity contribution < 1.29 is 0 Å². The van der Waals surface area contributed by atoms with E-state index in [4.69, 9.17) is 0 Å². The summed E-state index contributed by atoms with van der Waals surface area (Å²) in [7, 11) is 4.23. The van der Waals surface area contributed by atoms with Gasteiger partial charge in [0.1, 0.15) is 0 Å². The van der Waals surface area contributed by atoms with Crippen LogP contribution < -0.4 is 4.72 Å². The summed E-state index contributed by atoms with van der Waals surface area (Å²) in [6.07, 6.45) is 6.65. The molecular formula is C24H30N2S3Sn2. The second-order valence-electron chi connectivity index (χ2n) is 9.64. The monoisotopic (exact) mass is 682 g/mol. The van der Waals surface area contributed by atoms with Gasteiger partial charge in [-0.25, -0.2) is 0 Å². The quantitative estimate of drug-likeness (QED) is 0.244. The first-order chi connectivity index (χ1) is 14.6. The summed E-state index contributed by atoms with van der Waals surface area (Å²) in [5.74, 6) is 0. The van der Waals surface area contributed by atoms with E-state index < -0.39 is 34.0 Å². The van der Waals surface area contributed by atoms with Gasteiger partial charge < -0.3 is 0 Å². The fourth-order valence-electron chi connectivity index (χ4n) is 3.49. The zero-order valence-electron chi connectivity index (χ0n) is 19.0. The van der Waals surface area contributed by atoms with Crippen molar-refractivity contribution in [3.8, 4) is 0 Å². The molecule has 0 radical (unpaired) electrons. The second kappa shape index (κ2) is 9.64. The molecular weight excluding hydrogens is 650 g/mol. The predicted octanol–water partition coefficient (Wildman–Crippen LogP) is 8.29. The Kier molecular flexibility index (Phi) is 7.48. The molecule has 2 aromatic carbocycles. The van der Waals surface area contributed by atoms with Crippen molar-refractivity contribution in [2.75, 3.05) is 0 Å². The molecule has 7 heteroatoms. The van der Waals surface area contributed by atoms with Crippen LogP contribution >= 0.6 is 30.0 Å². The molecule has 2 aliphatic rings. The van der Waals surface area contributed by atoms with Crippen LogP contribution in [0.5, 0.6) is 0 Å². The van der Waals surface area contributed by atoms with Crippen molar-refractivity contribution >= 4 is 75.3 Å². The van der Waals surface area contributed by atoms with Crippen LogP contribution in [0, 0.1) is 0 Å². The SMILES string of the molecule is [CH3][Sn]([CH3])([CH3])[S]c1ccc(C2=CC=C(c3ccc([S][Sn]([CH3])([CH3])[CH3])cc3)N3SNC=C23)cc1. The Labute approximate surface area is 205 Å². The third kappa shape index (κ3) is 6.28. The van der Waals surface area contributed by atoms with Crippen molar-refractivity contribution in [1.82, 2.24) is 9.03 Å². The van der Waals surface area contributed by atoms with Crippen LogP contribution in [-0.2, 0) is 0 Å². The Morgan fingerprint density at radius 1 is 0.677 bits per heavy atom. The van der Waals surface area contributed by atoms with Crippen LogP contribution in [0.1, 0.15) is 11.1 Å². The Morgan fingerprint density at radius 2 is 1.19 bits per heavy atom. The third-order valence-electron chi connectivity index (χ3n) is 4.62. The van der Waals surface area contributed by atoms with Crippen LogP contribution in [0.15, 0.2) is 82.4 Å². The molecule has 0 fully saturated rings. The average Bonchev–Trinajstić information content (AvgIpc) is 3.16. The van der Waals surface area contributed by atoms with Crippen molar-refractivity contribution in [3.63, 3.8) is 0 Å². The summed E-state index contributed by atoms with van der Waals surface area (Å²) < 4.78 is 5.67. The number of benzene rings is 2. The first-order valence-electron chi connectivity index (χ1n) is 10.5. The Hall–Kier alpha value is -0.0926. The Balaban J connectivity index is 1.60. The molecule has 31 heavy (non-hydrogen) atoms. The van der Waals surface area contributed by atoms with Gasteiger partial charge in [-0.3, -0.25) is 0 Å². The molecule has 0 atom stereocenters. The fourth-order valence-corrected chi connectivity index (χ4v) is 20.7. The van der Waals surface area contributed by atoms with E-state index in [-0.39, 0.29) is 0 Å². The zero-order valence-corrected chi connectivity index (χ0v) is 27.2. The molecule has 0 bridgehead atoms. The van der Waals surface area contributed by atoms with Gasteiger partial charge in [-0.1, -0.05) is 0 Å². The summed E-state index contributed by atoms with van der Waals surface area (Å²) in [5.41, 5.74) is 6.26. The molecule has 162 valence electrons. The molecule has 0 aromatic heterocycles. The number of nitrogens with zero attached hydrogens (tertiary/aromatic N) is 1. The number of rotatable bonds is 6. The van der Waals surface area contributed by atoms with Crippen LogP contribution in [0.3, 0.4) is 0 Å². The van der Waals surface area contributed by atoms with Gasteiger partial charge in [-0.15, -0.1) is 0 Å². The maximum atomic E-state index is 3.36. The Morgan fingerprint density at radius 3 is 1.71 bits per heavy atom. The van der Waals surface area contributed by atoms with Gasteiger partial charge in [-0.05, 0) is 0 Å². The van der Waals surface area contributed by atoms with Gasteiger partial charge in [0.2, 0.25) is 0 Å². The predicted molar refractivity (Wildman–Crippen MR) is 148 cm³/mol. The van der Waals surface area contributed by atoms with Crippen LogP contribution in [0.2, 0.25) is 29.6 Å². The van der Waals surface area contributed by atoms with E-state index in [0.29, 0.717) is 0 Å². The number of allylic oxidation sites excluding steroid dienone is 3. The molecule has 2 heterocycles. The topological polar surface area (TPSA) is 15.3 Å². The summed E-state index contributed by atoms with van der Waals surface area (Å²) >= 11 is -2.15. The van der Waals surface area contributed by atoms with Gasteiger partial charge in [0.25, 0.3) is 0 Å². The van der Waals surface area contributed by atoms with Gasteiger partial charge in [0.05, 0.1) is 0 Å². The molecule has 2 aliphatic heterocycles. The van der Waals surface area contributed by atoms with E-state index >= 15 is 0 Å². The van der Waals surface area contributed by atoms with Crippen molar-refractivity contribution in [3.05, 3.63) is 83.7 Å². The normalized spacial score (nSPS) is 16.3. The van der Waals surface area contributed by atoms with Crippen LogP contribution in [0.4, 0.5) is 0 Å². The average molecular weight is 680 g/mol. The molecule has 0 aliphatic carbocycles. The van der Waals surface area contributed by atoms with Gasteiger partial charge in [0, 0.05) is 0 Å². The van der Waals surface area contributed by atoms with Gasteiger partial charge in [-0.2, -0.15) is 0 Å². The minimum absolute atomic E-state index is 1.22. The van der Waals surface area contributed by atoms with E-state index in [0.717, 1.165) is 0 Å². The van der Waals surface area contributed by atoms with Gasteiger partial charge in [0.15, 0.2) is 0 Å². The number of nitrogens with one attached hydrogen (secondary N) is 1. The minimum atomic E-state index is -1.90. The van der Waals surface area contributed by atoms with Crippen molar-refractivity contribution in [2.45, 2.75) is 39.4 Å². The molecule has 4 rings (SSSR count). The van der Waals surface area contributed by atoms with E-state index in [1.54, 1.807) is 12.1 Å². The molecule has 0 amide bonds. The Bertz CT molecular complexity index is 1040. The molecule has 2 aromatic rings. The standard InChI is InChI=1S/C18H14N2S3.6CH3.2Sn/c21-14-5-1-12(2-6-14)16-9-10-17(20-18(16)11-19-23-20)13-3-7-15(22)8-4-13;;;;;;;;/h1-11,19,21-22H;6*1H3;;/q;;;;;;;2*+1/p-2. The second-order valence-corrected chi connectivity index (χ2v) is 55.8. The molecule has 0 saturated heterocycles. The van der Waals surface area contributed by atoms with Crippen LogP contribution in [0.25, 0.3) is 11.3 Å². The summed E-state index contributed by atoms with van der Waals surface area (Å²) in [6.45, 7) is 0. The number of hydrogen-bond donors (Lipinski definition) is 1. The van der Waals surface area contributed by atoms with Gasteiger partial charge >= 0.3 is 207 Å². The first-order valence-corrected chi connectivity index (χ1v) is 37.1. The third-order valence-corrected chi connectivity index (χ3v) is 22.2. The van der Waals surface area contributed by atoms with E-state index in [1.807, 2.05) is 0 Å². The van der Waals surface area contributed by atoms with Crippen LogP contribution in [-0.4, -0.2) is 38.3 Å². The first kappa shape index (κ1) is 24.0. The van der Waals surface area contributed by atoms with Crippen molar-refractivity contribution in [1.29, 1.82) is 0 Å². The molecule has 0 spiro atoms. The summed E-state index contributed by atoms with van der Waals surface area (Å²) in [6, 6.07) is 18.2. The van der Waals surface area contributed by atoms with E-state index in [1.165, 1.54) is 37.9 Å². The number of fused-ring (bicyclic) bond motifs is 1. The van der Waals surface area contributed by atoms with E-state index in [2.05, 4.69) is 123 Å². The fraction of sp³-hybridized carbons (Fsp3) is 0.250. The maximum absolute atomic E-state index is 3.36. The molecule has 2 nitrogen and oxygen atoms in total. The van der Waals surface area contributed by atoms with Crippen molar-refractivity contribution in [2.24, 2.45) is 0 Å². The number of hydrogen-bond acceptors (Lipinski definition) is 5. The zero-order chi connectivity index (χ0) is 22.2. The molecule has 0 unspecified atom stereocenters.